The summed E-state index contributed by atoms with van der Waals surface area (Å²) >= 11 is 0. The number of hydrogen-bond donors (Lipinski definition) is 9. The van der Waals surface area contributed by atoms with Crippen LogP contribution in [0.5, 0.6) is 0 Å². The molecule has 29 heteroatoms. The van der Waals surface area contributed by atoms with E-state index in [1.165, 1.54) is 4.90 Å². The Kier molecular flexibility index (Phi) is 11.8. The third kappa shape index (κ3) is 10.6. The molecule has 45 heavy (non-hydrogen) atoms. The van der Waals surface area contributed by atoms with E-state index in [1.807, 2.05) is 0 Å². The number of imidazole rings is 1. The Bertz CT molecular complexity index is 1580. The van der Waals surface area contributed by atoms with Crippen LogP contribution < -0.4 is 4.90 Å². The number of aromatic nitrogens is 4. The molecule has 0 aliphatic carbocycles. The van der Waals surface area contributed by atoms with Gasteiger partial charge in [-0.1, -0.05) is 0 Å². The highest BCUT2D eigenvalue weighted by Gasteiger charge is 2.48. The molecule has 1 saturated heterocycles. The van der Waals surface area contributed by atoms with E-state index in [4.69, 9.17) is 29.6 Å². The highest BCUT2D eigenvalue weighted by molar-refractivity contribution is 7.69. The predicted octanol–water partition coefficient (Wildman–Crippen LogP) is -1.34. The van der Waals surface area contributed by atoms with Gasteiger partial charge in [-0.2, -0.15) is 12.9 Å². The van der Waals surface area contributed by atoms with Gasteiger partial charge in [0.1, 0.15) is 24.6 Å². The van der Waals surface area contributed by atoms with Crippen molar-refractivity contribution in [3.8, 4) is 0 Å². The topological polar surface area (TPSA) is 377 Å². The number of hydrogen-bond acceptors (Lipinski definition) is 17. The van der Waals surface area contributed by atoms with Crippen molar-refractivity contribution in [1.82, 2.24) is 19.5 Å². The summed E-state index contributed by atoms with van der Waals surface area (Å²) in [6, 6.07) is 0. The Morgan fingerprint density at radius 3 is 1.96 bits per heavy atom. The van der Waals surface area contributed by atoms with Gasteiger partial charge >= 0.3 is 43.2 Å². The molecular formula is C16H25N5O20P4. The second kappa shape index (κ2) is 14.2. The van der Waals surface area contributed by atoms with Gasteiger partial charge in [0.15, 0.2) is 23.2 Å². The average molecular weight is 731 g/mol. The first-order valence-corrected chi connectivity index (χ1v) is 17.8. The Morgan fingerprint density at radius 2 is 1.40 bits per heavy atom. The standard InChI is InChI=1S/C16H25N5O20P4/c22-9(23)1-3-20(4-2-10(24)25)14-11-15(18-6-17-14)21(7-19-11)16-13(27)12(26)8(38-16)5-37-43(31,32)40-45(35,36)41-44(33,34)39-42(28,29)30/h6-8,12-13,16,26-27H,1-5H2,(H,22,23)(H,24,25)(H,31,32)(H,33,34)(H,35,36)(H2,28,29,30)/t8-,12?,13?,16-/m1/s1. The molecule has 0 aromatic carbocycles. The van der Waals surface area contributed by atoms with Crippen LogP contribution in [0.1, 0.15) is 19.1 Å². The second-order valence-electron chi connectivity index (χ2n) is 8.78. The van der Waals surface area contributed by atoms with Crippen LogP contribution in [-0.4, -0.2) is 114 Å². The maximum Gasteiger partial charge on any atom is 0.490 e. The number of aliphatic carboxylic acids is 2. The SMILES string of the molecule is O=C(O)CCN(CCC(=O)O)c1ncnc2c1ncn2[C@@H]1O[C@H](COP(=O)(O)OP(=O)(O)OP(=O)(O)OP(=O)(O)O)C(O)C1O. The molecule has 0 spiro atoms. The molecule has 3 rings (SSSR count). The van der Waals surface area contributed by atoms with Gasteiger partial charge in [-0.15, -0.1) is 0 Å². The number of aliphatic hydroxyl groups excluding tert-OH is 2. The van der Waals surface area contributed by atoms with E-state index < -0.39 is 74.4 Å². The minimum absolute atomic E-state index is 0.00845. The molecule has 0 bridgehead atoms. The van der Waals surface area contributed by atoms with E-state index in [0.29, 0.717) is 0 Å². The fourth-order valence-electron chi connectivity index (χ4n) is 3.75. The third-order valence-corrected chi connectivity index (χ3v) is 10.9. The number of rotatable bonds is 17. The smallest absolute Gasteiger partial charge is 0.481 e. The normalized spacial score (nSPS) is 24.5. The molecule has 0 saturated carbocycles. The zero-order valence-electron chi connectivity index (χ0n) is 22.0. The van der Waals surface area contributed by atoms with Gasteiger partial charge in [-0.05, 0) is 0 Å². The highest BCUT2D eigenvalue weighted by atomic mass is 31.3. The maximum absolute atomic E-state index is 12.1. The quantitative estimate of drug-likeness (QED) is 0.0850. The average Bonchev–Trinajstić information content (AvgIpc) is 3.40. The lowest BCUT2D eigenvalue weighted by Gasteiger charge is -2.22. The fraction of sp³-hybridized carbons (Fsp3) is 0.562. The number of aliphatic hydroxyl groups is 2. The van der Waals surface area contributed by atoms with Crippen molar-refractivity contribution in [3.63, 3.8) is 0 Å². The maximum atomic E-state index is 12.1. The van der Waals surface area contributed by atoms with Crippen LogP contribution in [-0.2, 0) is 50.0 Å². The van der Waals surface area contributed by atoms with Gasteiger partial charge in [0.25, 0.3) is 0 Å². The first-order valence-electron chi connectivity index (χ1n) is 11.8. The molecule has 25 nitrogen and oxygen atoms in total. The molecule has 0 amide bonds. The van der Waals surface area contributed by atoms with Crippen molar-refractivity contribution in [2.45, 2.75) is 37.4 Å². The van der Waals surface area contributed by atoms with Crippen LogP contribution in [0.25, 0.3) is 11.2 Å². The predicted molar refractivity (Wildman–Crippen MR) is 139 cm³/mol. The molecule has 3 heterocycles. The summed E-state index contributed by atoms with van der Waals surface area (Å²) in [6.45, 7) is -1.48. The molecule has 254 valence electrons. The molecule has 2 aromatic rings. The van der Waals surface area contributed by atoms with Crippen molar-refractivity contribution in [2.24, 2.45) is 0 Å². The number of carbonyl (C=O) groups is 2. The molecule has 7 atom stereocenters. The lowest BCUT2D eigenvalue weighted by molar-refractivity contribution is -0.137. The number of phosphoric ester groups is 1. The third-order valence-electron chi connectivity index (χ3n) is 5.47. The molecular weight excluding hydrogens is 706 g/mol. The summed E-state index contributed by atoms with van der Waals surface area (Å²) in [5.74, 6) is -2.32. The van der Waals surface area contributed by atoms with Crippen LogP contribution in [0.15, 0.2) is 12.7 Å². The number of fused-ring (bicyclic) bond motifs is 1. The molecule has 1 aliphatic rings. The highest BCUT2D eigenvalue weighted by Crippen LogP contribution is 2.70. The number of nitrogens with zero attached hydrogens (tertiary/aromatic N) is 5. The zero-order valence-corrected chi connectivity index (χ0v) is 25.6. The van der Waals surface area contributed by atoms with Crippen molar-refractivity contribution in [2.75, 3.05) is 24.6 Å². The molecule has 2 aromatic heterocycles. The van der Waals surface area contributed by atoms with E-state index in [1.54, 1.807) is 0 Å². The molecule has 1 fully saturated rings. The Morgan fingerprint density at radius 1 is 0.844 bits per heavy atom. The number of carboxylic acids is 2. The fourth-order valence-corrected chi connectivity index (χ4v) is 8.22. The number of anilines is 1. The van der Waals surface area contributed by atoms with Gasteiger partial charge in [0, 0.05) is 13.1 Å². The summed E-state index contributed by atoms with van der Waals surface area (Å²) in [5, 5.41) is 39.1. The number of ether oxygens (including phenoxy) is 1. The van der Waals surface area contributed by atoms with Gasteiger partial charge in [-0.3, -0.25) is 18.7 Å². The summed E-state index contributed by atoms with van der Waals surface area (Å²) in [5.41, 5.74) is -0.0388. The zero-order chi connectivity index (χ0) is 34.0. The lowest BCUT2D eigenvalue weighted by Crippen LogP contribution is -2.33. The van der Waals surface area contributed by atoms with Gasteiger partial charge in [0.05, 0.1) is 25.8 Å². The van der Waals surface area contributed by atoms with Crippen LogP contribution >= 0.6 is 31.3 Å². The monoisotopic (exact) mass is 731 g/mol. The molecule has 1 aliphatic heterocycles. The van der Waals surface area contributed by atoms with Crippen LogP contribution in [0.2, 0.25) is 0 Å². The summed E-state index contributed by atoms with van der Waals surface area (Å²) in [4.78, 5) is 81.1. The minimum atomic E-state index is -6.09. The van der Waals surface area contributed by atoms with Crippen LogP contribution in [0.4, 0.5) is 5.82 Å². The Hall–Kier alpha value is -2.27. The molecule has 5 unspecified atom stereocenters. The number of phosphoric acid groups is 4. The van der Waals surface area contributed by atoms with E-state index in [2.05, 4.69) is 32.4 Å². The van der Waals surface area contributed by atoms with Crippen molar-refractivity contribution >= 4 is 60.2 Å². The first kappa shape index (κ1) is 37.2. The van der Waals surface area contributed by atoms with E-state index >= 15 is 0 Å². The summed E-state index contributed by atoms with van der Waals surface area (Å²) in [6.07, 6.45) is -5.55. The Labute approximate surface area is 249 Å². The van der Waals surface area contributed by atoms with Gasteiger partial charge in [-0.25, -0.2) is 33.2 Å². The van der Waals surface area contributed by atoms with Crippen molar-refractivity contribution in [1.29, 1.82) is 0 Å². The summed E-state index contributed by atoms with van der Waals surface area (Å²) in [7, 11) is -23.6. The summed E-state index contributed by atoms with van der Waals surface area (Å²) < 4.78 is 67.6. The van der Waals surface area contributed by atoms with Crippen LogP contribution in [0, 0.1) is 0 Å². The van der Waals surface area contributed by atoms with E-state index in [0.717, 1.165) is 17.2 Å². The largest absolute Gasteiger partial charge is 0.490 e. The van der Waals surface area contributed by atoms with Gasteiger partial charge < -0.3 is 54.5 Å². The first-order chi connectivity index (χ1) is 20.6. The second-order valence-corrected chi connectivity index (χ2v) is 14.8. The van der Waals surface area contributed by atoms with Crippen molar-refractivity contribution in [3.05, 3.63) is 12.7 Å². The van der Waals surface area contributed by atoms with Crippen molar-refractivity contribution < 1.29 is 94.9 Å². The van der Waals surface area contributed by atoms with Gasteiger partial charge in [0.2, 0.25) is 0 Å². The van der Waals surface area contributed by atoms with Crippen LogP contribution in [0.3, 0.4) is 0 Å². The molecule has 9 N–H and O–H groups in total. The van der Waals surface area contributed by atoms with E-state index in [-0.39, 0.29) is 42.9 Å². The molecule has 0 radical (unpaired) electrons. The number of carboxylic acid groups (broad SMARTS) is 2. The van der Waals surface area contributed by atoms with E-state index in [9.17, 15) is 47.8 Å². The Balaban J connectivity index is 1.75. The minimum Gasteiger partial charge on any atom is -0.481 e. The lowest BCUT2D eigenvalue weighted by atomic mass is 10.1.